The lowest BCUT2D eigenvalue weighted by Gasteiger charge is -2.09. The van der Waals surface area contributed by atoms with Gasteiger partial charge in [-0.3, -0.25) is 4.98 Å². The topological polar surface area (TPSA) is 52.7 Å². The molecular formula is C23H24N4. The van der Waals surface area contributed by atoms with Crippen LogP contribution in [0.15, 0.2) is 79.3 Å². The fraction of sp³-hybridized carbons (Fsp3) is 0.174. The van der Waals surface area contributed by atoms with Crippen molar-refractivity contribution >= 4 is 28.0 Å². The van der Waals surface area contributed by atoms with Crippen LogP contribution in [0.25, 0.3) is 10.9 Å². The van der Waals surface area contributed by atoms with Gasteiger partial charge in [-0.25, -0.2) is 0 Å². The van der Waals surface area contributed by atoms with E-state index in [9.17, 15) is 0 Å². The highest BCUT2D eigenvalue weighted by molar-refractivity contribution is 5.83. The Morgan fingerprint density at radius 1 is 0.778 bits per heavy atom. The Labute approximate surface area is 159 Å². The van der Waals surface area contributed by atoms with Crippen LogP contribution in [0, 0.1) is 0 Å². The lowest BCUT2D eigenvalue weighted by molar-refractivity contribution is 0.766. The van der Waals surface area contributed by atoms with Gasteiger partial charge in [0.2, 0.25) is 0 Å². The standard InChI is InChI=1S/C23H24N4/c1-2-7-23-22(6-1)18(17-26-23)5-3-4-14-25-19-8-10-20(11-9-19)27-21-12-15-24-16-13-21/h1-2,6-13,15-17,25-26H,3-5,14H2,(H,24,27). The molecule has 0 bridgehead atoms. The number of benzene rings is 2. The molecule has 2 aromatic heterocycles. The van der Waals surface area contributed by atoms with Gasteiger partial charge in [-0.05, 0) is 67.3 Å². The van der Waals surface area contributed by atoms with Gasteiger partial charge in [0.15, 0.2) is 0 Å². The number of pyridine rings is 1. The van der Waals surface area contributed by atoms with Crippen molar-refractivity contribution in [3.63, 3.8) is 0 Å². The molecule has 0 amide bonds. The number of nitrogens with one attached hydrogen (secondary N) is 3. The average molecular weight is 356 g/mol. The summed E-state index contributed by atoms with van der Waals surface area (Å²) in [6.07, 6.45) is 9.16. The first-order valence-electron chi connectivity index (χ1n) is 9.44. The third kappa shape index (κ3) is 4.47. The van der Waals surface area contributed by atoms with E-state index in [4.69, 9.17) is 0 Å². The first-order valence-corrected chi connectivity index (χ1v) is 9.44. The number of aryl methyl sites for hydroxylation is 1. The van der Waals surface area contributed by atoms with Crippen LogP contribution in [-0.4, -0.2) is 16.5 Å². The second-order valence-corrected chi connectivity index (χ2v) is 6.68. The van der Waals surface area contributed by atoms with Gasteiger partial charge in [-0.1, -0.05) is 18.2 Å². The van der Waals surface area contributed by atoms with E-state index in [1.807, 2.05) is 12.1 Å². The minimum atomic E-state index is 0.986. The van der Waals surface area contributed by atoms with Crippen molar-refractivity contribution in [2.45, 2.75) is 19.3 Å². The summed E-state index contributed by atoms with van der Waals surface area (Å²) >= 11 is 0. The Morgan fingerprint density at radius 2 is 1.52 bits per heavy atom. The van der Waals surface area contributed by atoms with Crippen molar-refractivity contribution in [1.29, 1.82) is 0 Å². The molecule has 0 atom stereocenters. The van der Waals surface area contributed by atoms with Crippen LogP contribution in [0.2, 0.25) is 0 Å². The van der Waals surface area contributed by atoms with Gasteiger partial charge >= 0.3 is 0 Å². The molecule has 2 heterocycles. The van der Waals surface area contributed by atoms with Crippen LogP contribution in [-0.2, 0) is 6.42 Å². The van der Waals surface area contributed by atoms with Gasteiger partial charge in [-0.2, -0.15) is 0 Å². The van der Waals surface area contributed by atoms with E-state index < -0.39 is 0 Å². The van der Waals surface area contributed by atoms with E-state index in [-0.39, 0.29) is 0 Å². The van der Waals surface area contributed by atoms with Crippen molar-refractivity contribution in [2.75, 3.05) is 17.2 Å². The molecule has 3 N–H and O–H groups in total. The van der Waals surface area contributed by atoms with Crippen LogP contribution in [0.5, 0.6) is 0 Å². The fourth-order valence-electron chi connectivity index (χ4n) is 3.28. The van der Waals surface area contributed by atoms with Crippen LogP contribution >= 0.6 is 0 Å². The molecule has 0 radical (unpaired) electrons. The van der Waals surface area contributed by atoms with Crippen LogP contribution in [0.1, 0.15) is 18.4 Å². The van der Waals surface area contributed by atoms with Crippen molar-refractivity contribution in [2.24, 2.45) is 0 Å². The largest absolute Gasteiger partial charge is 0.385 e. The minimum Gasteiger partial charge on any atom is -0.385 e. The highest BCUT2D eigenvalue weighted by Gasteiger charge is 2.02. The van der Waals surface area contributed by atoms with Crippen LogP contribution in [0.4, 0.5) is 17.1 Å². The molecular weight excluding hydrogens is 332 g/mol. The van der Waals surface area contributed by atoms with Crippen LogP contribution < -0.4 is 10.6 Å². The van der Waals surface area contributed by atoms with Gasteiger partial charge in [0.25, 0.3) is 0 Å². The smallest absolute Gasteiger partial charge is 0.0456 e. The zero-order chi connectivity index (χ0) is 18.3. The number of aromatic amines is 1. The Kier molecular flexibility index (Phi) is 5.34. The zero-order valence-corrected chi connectivity index (χ0v) is 15.3. The van der Waals surface area contributed by atoms with Gasteiger partial charge < -0.3 is 15.6 Å². The van der Waals surface area contributed by atoms with Gasteiger partial charge in [0, 0.05) is 53.1 Å². The average Bonchev–Trinajstić information content (AvgIpc) is 3.13. The number of hydrogen-bond donors (Lipinski definition) is 3. The Hall–Kier alpha value is -3.27. The number of fused-ring (bicyclic) bond motifs is 1. The summed E-state index contributed by atoms with van der Waals surface area (Å²) in [7, 11) is 0. The highest BCUT2D eigenvalue weighted by Crippen LogP contribution is 2.20. The molecule has 0 fully saturated rings. The van der Waals surface area contributed by atoms with Gasteiger partial charge in [-0.15, -0.1) is 0 Å². The zero-order valence-electron chi connectivity index (χ0n) is 15.3. The maximum Gasteiger partial charge on any atom is 0.0456 e. The number of unbranched alkanes of at least 4 members (excludes halogenated alkanes) is 1. The SMILES string of the molecule is c1ccc2c(CCCCNc3ccc(Nc4ccncc4)cc3)c[nH]c2c1. The predicted molar refractivity (Wildman–Crippen MR) is 114 cm³/mol. The van der Waals surface area contributed by atoms with E-state index in [0.717, 1.165) is 36.4 Å². The predicted octanol–water partition coefficient (Wildman–Crippen LogP) is 5.74. The monoisotopic (exact) mass is 356 g/mol. The van der Waals surface area contributed by atoms with Crippen LogP contribution in [0.3, 0.4) is 0 Å². The van der Waals surface area contributed by atoms with E-state index >= 15 is 0 Å². The van der Waals surface area contributed by atoms with Gasteiger partial charge in [0.1, 0.15) is 0 Å². The van der Waals surface area contributed by atoms with Crippen molar-refractivity contribution in [3.05, 3.63) is 84.8 Å². The Morgan fingerprint density at radius 3 is 2.37 bits per heavy atom. The number of hydrogen-bond acceptors (Lipinski definition) is 3. The molecule has 4 heteroatoms. The molecule has 136 valence electrons. The van der Waals surface area contributed by atoms with E-state index in [2.05, 4.69) is 75.3 Å². The number of H-pyrrole nitrogens is 1. The molecule has 0 aliphatic carbocycles. The molecule has 0 unspecified atom stereocenters. The summed E-state index contributed by atoms with van der Waals surface area (Å²) in [4.78, 5) is 7.38. The number of anilines is 3. The molecule has 0 saturated heterocycles. The Bertz CT molecular complexity index is 974. The molecule has 4 nitrogen and oxygen atoms in total. The minimum absolute atomic E-state index is 0.986. The van der Waals surface area contributed by atoms with Crippen molar-refractivity contribution in [1.82, 2.24) is 9.97 Å². The normalized spacial score (nSPS) is 10.8. The lowest BCUT2D eigenvalue weighted by Crippen LogP contribution is -2.02. The summed E-state index contributed by atoms with van der Waals surface area (Å²) in [6.45, 7) is 0.986. The summed E-state index contributed by atoms with van der Waals surface area (Å²) < 4.78 is 0. The summed E-state index contributed by atoms with van der Waals surface area (Å²) in [5, 5.41) is 8.22. The third-order valence-corrected chi connectivity index (χ3v) is 4.73. The maximum atomic E-state index is 4.03. The van der Waals surface area contributed by atoms with E-state index in [1.54, 1.807) is 12.4 Å². The lowest BCUT2D eigenvalue weighted by atomic mass is 10.1. The first kappa shape index (κ1) is 17.2. The fourth-order valence-corrected chi connectivity index (χ4v) is 3.28. The Balaban J connectivity index is 1.21. The molecule has 0 aliphatic rings. The third-order valence-electron chi connectivity index (χ3n) is 4.73. The molecule has 0 spiro atoms. The number of rotatable bonds is 8. The van der Waals surface area contributed by atoms with E-state index in [0.29, 0.717) is 0 Å². The number of aromatic nitrogens is 2. The first-order chi connectivity index (χ1) is 13.4. The molecule has 27 heavy (non-hydrogen) atoms. The number of nitrogens with zero attached hydrogens (tertiary/aromatic N) is 1. The summed E-state index contributed by atoms with van der Waals surface area (Å²) in [6, 6.07) is 20.8. The number of para-hydroxylation sites is 1. The molecule has 4 aromatic rings. The second kappa shape index (κ2) is 8.41. The summed E-state index contributed by atoms with van der Waals surface area (Å²) in [5.41, 5.74) is 5.92. The second-order valence-electron chi connectivity index (χ2n) is 6.68. The van der Waals surface area contributed by atoms with E-state index in [1.165, 1.54) is 22.9 Å². The van der Waals surface area contributed by atoms with Gasteiger partial charge in [0.05, 0.1) is 0 Å². The summed E-state index contributed by atoms with van der Waals surface area (Å²) in [5.74, 6) is 0. The van der Waals surface area contributed by atoms with Crippen molar-refractivity contribution in [3.8, 4) is 0 Å². The molecule has 2 aromatic carbocycles. The molecule has 4 rings (SSSR count). The van der Waals surface area contributed by atoms with Crippen molar-refractivity contribution < 1.29 is 0 Å². The molecule has 0 saturated carbocycles. The highest BCUT2D eigenvalue weighted by atomic mass is 14.9. The maximum absolute atomic E-state index is 4.03. The quantitative estimate of drug-likeness (QED) is 0.353. The molecule has 0 aliphatic heterocycles.